The summed E-state index contributed by atoms with van der Waals surface area (Å²) in [6.45, 7) is 2.45. The summed E-state index contributed by atoms with van der Waals surface area (Å²) in [6, 6.07) is 0. The van der Waals surface area contributed by atoms with E-state index in [0.717, 1.165) is 29.6 Å². The Bertz CT molecular complexity index is 247. The molecule has 0 N–H and O–H groups in total. The Morgan fingerprint density at radius 3 is 1.26 bits per heavy atom. The minimum absolute atomic E-state index is 1.02. The molecular formula is C19H34. The van der Waals surface area contributed by atoms with Crippen LogP contribution < -0.4 is 0 Å². The summed E-state index contributed by atoms with van der Waals surface area (Å²) in [5.41, 5.74) is 0. The summed E-state index contributed by atoms with van der Waals surface area (Å²) in [4.78, 5) is 0. The third kappa shape index (κ3) is 3.56. The molecular weight excluding hydrogens is 228 g/mol. The fourth-order valence-corrected chi connectivity index (χ4v) is 5.45. The first-order valence-electron chi connectivity index (χ1n) is 9.33. The molecule has 3 aliphatic rings. The molecule has 3 saturated carbocycles. The van der Waals surface area contributed by atoms with E-state index >= 15 is 0 Å². The molecule has 0 nitrogen and oxygen atoms in total. The Kier molecular flexibility index (Phi) is 4.87. The molecule has 0 amide bonds. The van der Waals surface area contributed by atoms with Crippen LogP contribution in [0.15, 0.2) is 0 Å². The summed E-state index contributed by atoms with van der Waals surface area (Å²) in [6.07, 6.45) is 20.2. The maximum atomic E-state index is 2.45. The molecule has 3 rings (SSSR count). The highest BCUT2D eigenvalue weighted by atomic mass is 14.4. The third-order valence-electron chi connectivity index (χ3n) is 6.86. The summed E-state index contributed by atoms with van der Waals surface area (Å²) in [7, 11) is 0. The van der Waals surface area contributed by atoms with Gasteiger partial charge in [0, 0.05) is 0 Å². The summed E-state index contributed by atoms with van der Waals surface area (Å²) >= 11 is 0. The Morgan fingerprint density at radius 1 is 0.421 bits per heavy atom. The number of hydrogen-bond acceptors (Lipinski definition) is 0. The molecule has 0 aromatic rings. The lowest BCUT2D eigenvalue weighted by Gasteiger charge is -2.40. The number of hydrogen-bond donors (Lipinski definition) is 0. The smallest absolute Gasteiger partial charge is 0.0386 e. The van der Waals surface area contributed by atoms with Gasteiger partial charge in [-0.1, -0.05) is 51.9 Å². The fraction of sp³-hybridized carbons (Fsp3) is 1.00. The Morgan fingerprint density at radius 2 is 0.789 bits per heavy atom. The van der Waals surface area contributed by atoms with Gasteiger partial charge in [-0.3, -0.25) is 0 Å². The monoisotopic (exact) mass is 262 g/mol. The van der Waals surface area contributed by atoms with Gasteiger partial charge in [-0.15, -0.1) is 0 Å². The first-order chi connectivity index (χ1) is 9.33. The first-order valence-corrected chi connectivity index (χ1v) is 9.33. The maximum absolute atomic E-state index is 2.45. The summed E-state index contributed by atoms with van der Waals surface area (Å²) < 4.78 is 0. The van der Waals surface area contributed by atoms with Crippen LogP contribution in [-0.4, -0.2) is 0 Å². The van der Waals surface area contributed by atoms with Gasteiger partial charge in [0.25, 0.3) is 0 Å². The van der Waals surface area contributed by atoms with Crippen LogP contribution >= 0.6 is 0 Å². The van der Waals surface area contributed by atoms with E-state index in [1.807, 2.05) is 0 Å². The number of rotatable bonds is 2. The largest absolute Gasteiger partial charge is 0.0625 e. The van der Waals surface area contributed by atoms with Crippen molar-refractivity contribution in [2.75, 3.05) is 0 Å². The van der Waals surface area contributed by atoms with Gasteiger partial charge >= 0.3 is 0 Å². The molecule has 3 aliphatic carbocycles. The van der Waals surface area contributed by atoms with Crippen molar-refractivity contribution in [1.82, 2.24) is 0 Å². The molecule has 0 aliphatic heterocycles. The van der Waals surface area contributed by atoms with Crippen molar-refractivity contribution < 1.29 is 0 Å². The van der Waals surface area contributed by atoms with E-state index in [2.05, 4.69) is 6.92 Å². The van der Waals surface area contributed by atoms with E-state index in [1.54, 1.807) is 51.4 Å². The van der Waals surface area contributed by atoms with E-state index in [9.17, 15) is 0 Å². The molecule has 0 unspecified atom stereocenters. The Balaban J connectivity index is 1.44. The maximum Gasteiger partial charge on any atom is -0.0386 e. The van der Waals surface area contributed by atoms with Crippen LogP contribution in [0.2, 0.25) is 0 Å². The molecule has 0 atom stereocenters. The molecule has 0 radical (unpaired) electrons. The lowest BCUT2D eigenvalue weighted by Crippen LogP contribution is -2.28. The van der Waals surface area contributed by atoms with Crippen molar-refractivity contribution in [3.05, 3.63) is 0 Å². The van der Waals surface area contributed by atoms with Crippen molar-refractivity contribution in [1.29, 1.82) is 0 Å². The van der Waals surface area contributed by atoms with Gasteiger partial charge in [0.15, 0.2) is 0 Å². The van der Waals surface area contributed by atoms with Crippen LogP contribution in [0.5, 0.6) is 0 Å². The molecule has 0 aromatic heterocycles. The summed E-state index contributed by atoms with van der Waals surface area (Å²) in [5, 5.41) is 0. The second-order valence-electron chi connectivity index (χ2n) is 8.09. The van der Waals surface area contributed by atoms with Crippen molar-refractivity contribution in [2.45, 2.75) is 90.4 Å². The van der Waals surface area contributed by atoms with E-state index in [0.29, 0.717) is 0 Å². The molecule has 0 heterocycles. The van der Waals surface area contributed by atoms with Crippen LogP contribution in [0, 0.1) is 29.6 Å². The van der Waals surface area contributed by atoms with Crippen molar-refractivity contribution in [3.8, 4) is 0 Å². The predicted octanol–water partition coefficient (Wildman–Crippen LogP) is 6.20. The van der Waals surface area contributed by atoms with Gasteiger partial charge in [-0.25, -0.2) is 0 Å². The second-order valence-corrected chi connectivity index (χ2v) is 8.09. The molecule has 0 saturated heterocycles. The van der Waals surface area contributed by atoms with Crippen LogP contribution in [-0.2, 0) is 0 Å². The normalized spacial score (nSPS) is 42.2. The Labute approximate surface area is 120 Å². The van der Waals surface area contributed by atoms with E-state index in [4.69, 9.17) is 0 Å². The average Bonchev–Trinajstić information content (AvgIpc) is 2.49. The lowest BCUT2D eigenvalue weighted by atomic mass is 9.66. The quantitative estimate of drug-likeness (QED) is 0.556. The van der Waals surface area contributed by atoms with Gasteiger partial charge in [-0.05, 0) is 68.1 Å². The standard InChI is InChI=1S/C19H34/c1-15-7-9-17(10-8-15)19-13-11-18(12-14-19)16-5-3-2-4-6-16/h15-19H,2-14H2,1H3. The second kappa shape index (κ2) is 6.64. The molecule has 0 bridgehead atoms. The van der Waals surface area contributed by atoms with E-state index in [-0.39, 0.29) is 0 Å². The van der Waals surface area contributed by atoms with Crippen LogP contribution in [0.1, 0.15) is 90.4 Å². The fourth-order valence-electron chi connectivity index (χ4n) is 5.45. The van der Waals surface area contributed by atoms with Crippen molar-refractivity contribution >= 4 is 0 Å². The average molecular weight is 262 g/mol. The van der Waals surface area contributed by atoms with Gasteiger partial charge in [0.1, 0.15) is 0 Å². The van der Waals surface area contributed by atoms with Gasteiger partial charge in [0.2, 0.25) is 0 Å². The third-order valence-corrected chi connectivity index (χ3v) is 6.86. The highest BCUT2D eigenvalue weighted by molar-refractivity contribution is 4.84. The molecule has 19 heavy (non-hydrogen) atoms. The highest BCUT2D eigenvalue weighted by Gasteiger charge is 2.32. The first kappa shape index (κ1) is 14.0. The molecule has 0 heteroatoms. The summed E-state index contributed by atoms with van der Waals surface area (Å²) in [5.74, 6) is 5.51. The molecule has 0 spiro atoms. The zero-order chi connectivity index (χ0) is 13.1. The minimum Gasteiger partial charge on any atom is -0.0625 e. The Hall–Kier alpha value is 0. The molecule has 0 aromatic carbocycles. The topological polar surface area (TPSA) is 0 Å². The zero-order valence-electron chi connectivity index (χ0n) is 13.1. The SMILES string of the molecule is CC1CCC(C2CCC(C3CCCCC3)CC2)CC1. The lowest BCUT2D eigenvalue weighted by molar-refractivity contribution is 0.115. The van der Waals surface area contributed by atoms with Crippen LogP contribution in [0.3, 0.4) is 0 Å². The van der Waals surface area contributed by atoms with Crippen LogP contribution in [0.25, 0.3) is 0 Å². The predicted molar refractivity (Wildman–Crippen MR) is 83.1 cm³/mol. The van der Waals surface area contributed by atoms with Crippen molar-refractivity contribution in [3.63, 3.8) is 0 Å². The van der Waals surface area contributed by atoms with E-state index in [1.165, 1.54) is 32.1 Å². The molecule has 3 fully saturated rings. The highest BCUT2D eigenvalue weighted by Crippen LogP contribution is 2.45. The molecule has 110 valence electrons. The van der Waals surface area contributed by atoms with Gasteiger partial charge in [0.05, 0.1) is 0 Å². The van der Waals surface area contributed by atoms with Crippen molar-refractivity contribution in [2.24, 2.45) is 29.6 Å². The van der Waals surface area contributed by atoms with E-state index < -0.39 is 0 Å². The van der Waals surface area contributed by atoms with Crippen LogP contribution in [0.4, 0.5) is 0 Å². The minimum atomic E-state index is 1.02. The zero-order valence-corrected chi connectivity index (χ0v) is 13.1. The van der Waals surface area contributed by atoms with Gasteiger partial charge in [-0.2, -0.15) is 0 Å². The van der Waals surface area contributed by atoms with Gasteiger partial charge < -0.3 is 0 Å².